The van der Waals surface area contributed by atoms with Gasteiger partial charge in [0.15, 0.2) is 12.3 Å². The highest BCUT2D eigenvalue weighted by molar-refractivity contribution is 5.27. The SMILES string of the molecule is CC1(C)N([O])C(c2ccc(C3N([O])C(C)(C)C(C)(C)[NH+]3[O-])cc2)[NH+]([O-])C1(C)C. The van der Waals surface area contributed by atoms with Crippen molar-refractivity contribution in [3.63, 3.8) is 0 Å². The number of quaternary nitrogens is 2. The van der Waals surface area contributed by atoms with Gasteiger partial charge in [-0.2, -0.15) is 0 Å². The predicted molar refractivity (Wildman–Crippen MR) is 102 cm³/mol. The normalized spacial score (nSPS) is 36.7. The molecule has 0 spiro atoms. The second-order valence-electron chi connectivity index (χ2n) is 10.2. The van der Waals surface area contributed by atoms with Gasteiger partial charge >= 0.3 is 0 Å². The van der Waals surface area contributed by atoms with Gasteiger partial charge in [-0.3, -0.25) is 0 Å². The second-order valence-corrected chi connectivity index (χ2v) is 10.2. The molecule has 1 aromatic rings. The third-order valence-electron chi connectivity index (χ3n) is 7.93. The van der Waals surface area contributed by atoms with Crippen molar-refractivity contribution in [2.24, 2.45) is 0 Å². The molecule has 0 amide bonds. The quantitative estimate of drug-likeness (QED) is 0.730. The molecule has 4 atom stereocenters. The molecule has 2 N–H and O–H groups in total. The molecule has 0 aromatic heterocycles. The van der Waals surface area contributed by atoms with E-state index in [1.54, 1.807) is 79.7 Å². The number of benzene rings is 1. The van der Waals surface area contributed by atoms with Crippen molar-refractivity contribution < 1.29 is 20.5 Å². The predicted octanol–water partition coefficient (Wildman–Crippen LogP) is 0.886. The molecular weight excluding hydrogens is 360 g/mol. The minimum atomic E-state index is -0.880. The zero-order valence-electron chi connectivity index (χ0n) is 18.0. The molecule has 8 heteroatoms. The Labute approximate surface area is 167 Å². The standard InChI is InChI=1S/C20H32N4O4/c1-17(2)18(3,4)22(26)15(21(17)25)13-9-11-14(12-10-13)16-23(27)19(5,6)20(7,8)24(16)28/h9-12,15-16,21,23H,1-8H3. The maximum atomic E-state index is 12.9. The fraction of sp³-hybridized carbons (Fsp3) is 0.700. The lowest BCUT2D eigenvalue weighted by molar-refractivity contribution is -0.926. The van der Waals surface area contributed by atoms with Gasteiger partial charge in [-0.25, -0.2) is 0 Å². The van der Waals surface area contributed by atoms with Crippen LogP contribution in [0.3, 0.4) is 0 Å². The van der Waals surface area contributed by atoms with E-state index in [1.807, 2.05) is 0 Å². The molecule has 2 aliphatic rings. The van der Waals surface area contributed by atoms with Crippen LogP contribution in [0, 0.1) is 10.4 Å². The molecule has 8 nitrogen and oxygen atoms in total. The number of hydrogen-bond donors (Lipinski definition) is 2. The first-order valence-corrected chi connectivity index (χ1v) is 9.71. The fourth-order valence-corrected chi connectivity index (χ4v) is 4.13. The third kappa shape index (κ3) is 2.54. The molecular formula is C20H32N4O4. The molecule has 2 fully saturated rings. The minimum absolute atomic E-state index is 0.120. The molecule has 3 rings (SSSR count). The van der Waals surface area contributed by atoms with Crippen LogP contribution in [0.2, 0.25) is 0 Å². The van der Waals surface area contributed by atoms with Gasteiger partial charge in [-0.05, 0) is 55.4 Å². The molecule has 0 aliphatic carbocycles. The van der Waals surface area contributed by atoms with Gasteiger partial charge < -0.3 is 20.5 Å². The summed E-state index contributed by atoms with van der Waals surface area (Å²) in [4.78, 5) is 0. The first-order chi connectivity index (χ1) is 12.6. The topological polar surface area (TPSA) is 101 Å². The highest BCUT2D eigenvalue weighted by Gasteiger charge is 2.61. The molecule has 1 aromatic carbocycles. The Kier molecular flexibility index (Phi) is 4.78. The molecule has 0 saturated carbocycles. The van der Waals surface area contributed by atoms with Crippen LogP contribution in [-0.4, -0.2) is 32.3 Å². The summed E-state index contributed by atoms with van der Waals surface area (Å²) in [5.41, 5.74) is -2.03. The van der Waals surface area contributed by atoms with Gasteiger partial charge in [0.05, 0.1) is 0 Å². The van der Waals surface area contributed by atoms with Crippen LogP contribution in [0.5, 0.6) is 0 Å². The van der Waals surface area contributed by atoms with Crippen LogP contribution in [0.1, 0.15) is 78.8 Å². The zero-order chi connectivity index (χ0) is 21.4. The maximum absolute atomic E-state index is 12.9. The molecule has 0 bridgehead atoms. The highest BCUT2D eigenvalue weighted by Crippen LogP contribution is 2.39. The summed E-state index contributed by atoms with van der Waals surface area (Å²) in [7, 11) is 0. The van der Waals surface area contributed by atoms with Crippen molar-refractivity contribution in [3.05, 3.63) is 45.8 Å². The number of rotatable bonds is 2. The summed E-state index contributed by atoms with van der Waals surface area (Å²) in [6, 6.07) is 6.78. The van der Waals surface area contributed by atoms with Gasteiger partial charge in [-0.15, -0.1) is 10.4 Å². The smallest absolute Gasteiger partial charge is 0.196 e. The summed E-state index contributed by atoms with van der Waals surface area (Å²) in [6.07, 6.45) is -1.76. The molecule has 28 heavy (non-hydrogen) atoms. The number of hydrogen-bond acceptors (Lipinski definition) is 4. The van der Waals surface area contributed by atoms with Crippen LogP contribution in [0.4, 0.5) is 0 Å². The van der Waals surface area contributed by atoms with Gasteiger partial charge in [0.25, 0.3) is 0 Å². The minimum Gasteiger partial charge on any atom is -0.632 e. The van der Waals surface area contributed by atoms with E-state index >= 15 is 0 Å². The van der Waals surface area contributed by atoms with Crippen molar-refractivity contribution in [2.45, 2.75) is 89.9 Å². The summed E-state index contributed by atoms with van der Waals surface area (Å²) in [6.45, 7) is 14.3. The zero-order valence-corrected chi connectivity index (χ0v) is 18.0. The summed E-state index contributed by atoms with van der Waals surface area (Å²) >= 11 is 0. The van der Waals surface area contributed by atoms with E-state index < -0.39 is 34.5 Å². The van der Waals surface area contributed by atoms with E-state index in [0.29, 0.717) is 11.1 Å². The van der Waals surface area contributed by atoms with E-state index in [-0.39, 0.29) is 10.1 Å². The molecule has 2 aliphatic heterocycles. The van der Waals surface area contributed by atoms with Gasteiger partial charge in [0.2, 0.25) is 0 Å². The van der Waals surface area contributed by atoms with Crippen LogP contribution < -0.4 is 10.1 Å². The Balaban J connectivity index is 1.94. The highest BCUT2D eigenvalue weighted by atomic mass is 16.6. The average molecular weight is 393 g/mol. The molecule has 2 heterocycles. The molecule has 156 valence electrons. The molecule has 2 saturated heterocycles. The van der Waals surface area contributed by atoms with E-state index in [0.717, 1.165) is 10.1 Å². The lowest BCUT2D eigenvalue weighted by atomic mass is 9.84. The van der Waals surface area contributed by atoms with Crippen molar-refractivity contribution in [1.82, 2.24) is 10.1 Å². The summed E-state index contributed by atoms with van der Waals surface area (Å²) in [5.74, 6) is 0. The van der Waals surface area contributed by atoms with Gasteiger partial charge in [0, 0.05) is 11.1 Å². The summed E-state index contributed by atoms with van der Waals surface area (Å²) < 4.78 is 0. The molecule has 4 unspecified atom stereocenters. The van der Waals surface area contributed by atoms with E-state index in [2.05, 4.69) is 0 Å². The largest absolute Gasteiger partial charge is 0.632 e. The Morgan fingerprint density at radius 2 is 0.929 bits per heavy atom. The Bertz CT molecular complexity index is 644. The monoisotopic (exact) mass is 392 g/mol. The average Bonchev–Trinajstić information content (AvgIpc) is 2.80. The Hall–Kier alpha value is -1.10. The van der Waals surface area contributed by atoms with Crippen molar-refractivity contribution >= 4 is 0 Å². The number of hydroxylamine groups is 8. The number of nitrogens with one attached hydrogen (secondary N) is 2. The molecule has 2 radical (unpaired) electrons. The number of nitrogens with zero attached hydrogens (tertiary/aromatic N) is 2. The first kappa shape index (κ1) is 21.6. The van der Waals surface area contributed by atoms with Crippen molar-refractivity contribution in [1.29, 1.82) is 0 Å². The third-order valence-corrected chi connectivity index (χ3v) is 7.93. The van der Waals surface area contributed by atoms with Crippen LogP contribution in [0.25, 0.3) is 0 Å². The Morgan fingerprint density at radius 3 is 1.11 bits per heavy atom. The van der Waals surface area contributed by atoms with E-state index in [1.165, 1.54) is 0 Å². The van der Waals surface area contributed by atoms with E-state index in [4.69, 9.17) is 0 Å². The van der Waals surface area contributed by atoms with Crippen molar-refractivity contribution in [2.75, 3.05) is 0 Å². The van der Waals surface area contributed by atoms with Crippen molar-refractivity contribution in [3.8, 4) is 0 Å². The fourth-order valence-electron chi connectivity index (χ4n) is 4.13. The lowest BCUT2D eigenvalue weighted by Gasteiger charge is -2.39. The van der Waals surface area contributed by atoms with Crippen LogP contribution >= 0.6 is 0 Å². The lowest BCUT2D eigenvalue weighted by Crippen LogP contribution is -3.14. The van der Waals surface area contributed by atoms with Crippen LogP contribution in [-0.2, 0) is 10.4 Å². The Morgan fingerprint density at radius 1 is 0.679 bits per heavy atom. The first-order valence-electron chi connectivity index (χ1n) is 9.71. The second kappa shape index (κ2) is 6.20. The van der Waals surface area contributed by atoms with Crippen LogP contribution in [0.15, 0.2) is 24.3 Å². The summed E-state index contributed by atoms with van der Waals surface area (Å²) in [5, 5.41) is 53.0. The van der Waals surface area contributed by atoms with Gasteiger partial charge in [0.1, 0.15) is 22.2 Å². The van der Waals surface area contributed by atoms with E-state index in [9.17, 15) is 20.8 Å². The van der Waals surface area contributed by atoms with Gasteiger partial charge in [-0.1, -0.05) is 34.4 Å². The maximum Gasteiger partial charge on any atom is 0.196 e.